The van der Waals surface area contributed by atoms with Gasteiger partial charge in [0.05, 0.1) is 30.8 Å². The van der Waals surface area contributed by atoms with Crippen LogP contribution in [0.3, 0.4) is 0 Å². The summed E-state index contributed by atoms with van der Waals surface area (Å²) in [4.78, 5) is 27.0. The molecule has 1 saturated heterocycles. The highest BCUT2D eigenvalue weighted by Gasteiger charge is 2.43. The Bertz CT molecular complexity index is 1130. The quantitative estimate of drug-likeness (QED) is 0.488. The van der Waals surface area contributed by atoms with Crippen molar-refractivity contribution in [3.8, 4) is 17.6 Å². The van der Waals surface area contributed by atoms with Crippen LogP contribution in [-0.2, 0) is 19.4 Å². The third-order valence-corrected chi connectivity index (χ3v) is 6.98. The number of hydrogen-bond donors (Lipinski definition) is 0. The van der Waals surface area contributed by atoms with E-state index < -0.39 is 27.7 Å². The third kappa shape index (κ3) is 4.49. The first-order valence-corrected chi connectivity index (χ1v) is 11.9. The summed E-state index contributed by atoms with van der Waals surface area (Å²) in [7, 11) is -3.32. The van der Waals surface area contributed by atoms with E-state index in [2.05, 4.69) is 0 Å². The second kappa shape index (κ2) is 8.94. The van der Waals surface area contributed by atoms with Gasteiger partial charge in [-0.2, -0.15) is 5.26 Å². The van der Waals surface area contributed by atoms with Gasteiger partial charge in [0.2, 0.25) is 0 Å². The lowest BCUT2D eigenvalue weighted by Gasteiger charge is -2.31. The van der Waals surface area contributed by atoms with Crippen LogP contribution in [-0.4, -0.2) is 55.9 Å². The third-order valence-electron chi connectivity index (χ3n) is 5.22. The molecular weight excluding hydrogens is 420 g/mol. The first kappa shape index (κ1) is 22.6. The Morgan fingerprint density at radius 1 is 1.16 bits per heavy atom. The van der Waals surface area contributed by atoms with Gasteiger partial charge in [0.25, 0.3) is 11.8 Å². The molecule has 0 spiro atoms. The van der Waals surface area contributed by atoms with Gasteiger partial charge in [-0.25, -0.2) is 8.42 Å². The fraction of sp³-hybridized carbons (Fsp3) is 0.409. The van der Waals surface area contributed by atoms with Crippen molar-refractivity contribution in [2.24, 2.45) is 0 Å². The Morgan fingerprint density at radius 2 is 1.84 bits per heavy atom. The number of amides is 2. The number of rotatable bonds is 6. The molecule has 0 saturated carbocycles. The normalized spacial score (nSPS) is 22.1. The molecule has 3 rings (SSSR count). The maximum absolute atomic E-state index is 13.2. The molecule has 0 radical (unpaired) electrons. The van der Waals surface area contributed by atoms with E-state index in [1.165, 1.54) is 0 Å². The highest BCUT2D eigenvalue weighted by molar-refractivity contribution is 7.91. The largest absolute Gasteiger partial charge is 0.490 e. The highest BCUT2D eigenvalue weighted by atomic mass is 32.2. The first-order valence-electron chi connectivity index (χ1n) is 10.0. The maximum atomic E-state index is 13.2. The summed E-state index contributed by atoms with van der Waals surface area (Å²) in [6.07, 6.45) is 1.75. The van der Waals surface area contributed by atoms with E-state index in [0.29, 0.717) is 30.3 Å². The summed E-state index contributed by atoms with van der Waals surface area (Å²) in [5, 5.41) is 9.53. The summed E-state index contributed by atoms with van der Waals surface area (Å²) in [6.45, 7) is 6.14. The molecule has 2 aliphatic heterocycles. The van der Waals surface area contributed by atoms with Crippen LogP contribution >= 0.6 is 0 Å². The van der Waals surface area contributed by atoms with E-state index in [1.54, 1.807) is 31.2 Å². The lowest BCUT2D eigenvalue weighted by atomic mass is 9.92. The Morgan fingerprint density at radius 3 is 2.42 bits per heavy atom. The van der Waals surface area contributed by atoms with Gasteiger partial charge in [-0.05, 0) is 56.5 Å². The predicted octanol–water partition coefficient (Wildman–Crippen LogP) is 2.26. The molecule has 1 aromatic carbocycles. The summed E-state index contributed by atoms with van der Waals surface area (Å²) >= 11 is 0. The van der Waals surface area contributed by atoms with Gasteiger partial charge in [-0.3, -0.25) is 14.5 Å². The van der Waals surface area contributed by atoms with Crippen molar-refractivity contribution in [2.45, 2.75) is 33.2 Å². The minimum absolute atomic E-state index is 0.0883. The van der Waals surface area contributed by atoms with Gasteiger partial charge < -0.3 is 9.47 Å². The summed E-state index contributed by atoms with van der Waals surface area (Å²) < 4.78 is 35.0. The summed E-state index contributed by atoms with van der Waals surface area (Å²) in [6, 6.07) is 6.29. The van der Waals surface area contributed by atoms with Crippen molar-refractivity contribution >= 4 is 27.7 Å². The van der Waals surface area contributed by atoms with E-state index in [-0.39, 0.29) is 34.6 Å². The van der Waals surface area contributed by atoms with Crippen molar-refractivity contribution in [2.75, 3.05) is 24.7 Å². The molecule has 1 aromatic rings. The number of nitrogens with zero attached hydrogens (tertiary/aromatic N) is 2. The molecule has 2 heterocycles. The van der Waals surface area contributed by atoms with Gasteiger partial charge in [0.15, 0.2) is 21.3 Å². The van der Waals surface area contributed by atoms with E-state index in [1.807, 2.05) is 19.9 Å². The molecule has 9 heteroatoms. The zero-order valence-corrected chi connectivity index (χ0v) is 18.5. The summed E-state index contributed by atoms with van der Waals surface area (Å²) in [5.41, 5.74) is 0.903. The van der Waals surface area contributed by atoms with Crippen LogP contribution in [0.15, 0.2) is 34.9 Å². The van der Waals surface area contributed by atoms with Crippen LogP contribution in [0.25, 0.3) is 6.08 Å². The Labute approximate surface area is 181 Å². The average molecular weight is 445 g/mol. The average Bonchev–Trinajstić information content (AvgIpc) is 3.07. The Balaban J connectivity index is 2.06. The molecule has 0 aliphatic carbocycles. The van der Waals surface area contributed by atoms with Gasteiger partial charge in [0.1, 0.15) is 11.6 Å². The minimum Gasteiger partial charge on any atom is -0.490 e. The monoisotopic (exact) mass is 444 g/mol. The standard InChI is InChI=1S/C22H24N2O6S/c1-4-29-19-7-6-15(11-20(19)30-5-2)10-17-14(3)18(12-23)22(26)24(21(17)25)16-8-9-31(27,28)13-16/h6-7,10-11,16H,4-5,8-9,13H2,1-3H3/b17-10+/t16-/m1/s1. The number of hydrogen-bond acceptors (Lipinski definition) is 7. The van der Waals surface area contributed by atoms with Gasteiger partial charge in [-0.1, -0.05) is 6.07 Å². The number of nitriles is 1. The molecule has 1 fully saturated rings. The van der Waals surface area contributed by atoms with Crippen LogP contribution in [0.5, 0.6) is 11.5 Å². The van der Waals surface area contributed by atoms with Crippen LogP contribution in [0, 0.1) is 11.3 Å². The number of imide groups is 1. The predicted molar refractivity (Wildman–Crippen MR) is 114 cm³/mol. The molecule has 8 nitrogen and oxygen atoms in total. The van der Waals surface area contributed by atoms with Crippen LogP contribution in [0.2, 0.25) is 0 Å². The van der Waals surface area contributed by atoms with E-state index in [4.69, 9.17) is 9.47 Å². The molecule has 0 aromatic heterocycles. The first-order chi connectivity index (χ1) is 14.7. The van der Waals surface area contributed by atoms with Crippen LogP contribution in [0.1, 0.15) is 32.8 Å². The van der Waals surface area contributed by atoms with Gasteiger partial charge in [0, 0.05) is 5.57 Å². The van der Waals surface area contributed by atoms with E-state index in [0.717, 1.165) is 4.90 Å². The molecule has 1 atom stereocenters. The van der Waals surface area contributed by atoms with E-state index >= 15 is 0 Å². The van der Waals surface area contributed by atoms with Crippen molar-refractivity contribution in [3.05, 3.63) is 40.5 Å². The SMILES string of the molecule is CCOc1ccc(/C=C2/C(=O)N([C@@H]3CCS(=O)(=O)C3)C(=O)C(C#N)=C2C)cc1OCC. The zero-order valence-electron chi connectivity index (χ0n) is 17.7. The fourth-order valence-electron chi connectivity index (χ4n) is 3.73. The number of sulfone groups is 1. The van der Waals surface area contributed by atoms with Crippen molar-refractivity contribution < 1.29 is 27.5 Å². The second-order valence-corrected chi connectivity index (χ2v) is 9.51. The maximum Gasteiger partial charge on any atom is 0.271 e. The Kier molecular flexibility index (Phi) is 6.51. The molecule has 0 bridgehead atoms. The highest BCUT2D eigenvalue weighted by Crippen LogP contribution is 2.33. The minimum atomic E-state index is -3.32. The lowest BCUT2D eigenvalue weighted by molar-refractivity contribution is -0.142. The molecule has 31 heavy (non-hydrogen) atoms. The number of ether oxygens (including phenoxy) is 2. The smallest absolute Gasteiger partial charge is 0.271 e. The fourth-order valence-corrected chi connectivity index (χ4v) is 5.43. The molecule has 2 aliphatic rings. The number of benzene rings is 1. The molecule has 2 amide bonds. The zero-order chi connectivity index (χ0) is 22.8. The van der Waals surface area contributed by atoms with Crippen molar-refractivity contribution in [1.82, 2.24) is 4.90 Å². The topological polar surface area (TPSA) is 114 Å². The van der Waals surface area contributed by atoms with Crippen LogP contribution < -0.4 is 9.47 Å². The van der Waals surface area contributed by atoms with Crippen LogP contribution in [0.4, 0.5) is 0 Å². The van der Waals surface area contributed by atoms with Gasteiger partial charge in [-0.15, -0.1) is 0 Å². The molecule has 0 unspecified atom stereocenters. The molecule has 0 N–H and O–H groups in total. The van der Waals surface area contributed by atoms with E-state index in [9.17, 15) is 23.3 Å². The lowest BCUT2D eigenvalue weighted by Crippen LogP contribution is -2.49. The second-order valence-electron chi connectivity index (χ2n) is 7.28. The number of carbonyl (C=O) groups is 2. The van der Waals surface area contributed by atoms with Crippen molar-refractivity contribution in [1.29, 1.82) is 5.26 Å². The van der Waals surface area contributed by atoms with Crippen molar-refractivity contribution in [3.63, 3.8) is 0 Å². The number of carbonyl (C=O) groups excluding carboxylic acids is 2. The summed E-state index contributed by atoms with van der Waals surface area (Å²) in [5.74, 6) is -0.637. The Hall–Kier alpha value is -3.12. The van der Waals surface area contributed by atoms with Gasteiger partial charge >= 0.3 is 0 Å². The molecular formula is C22H24N2O6S. The molecule has 164 valence electrons.